The van der Waals surface area contributed by atoms with Gasteiger partial charge in [0.1, 0.15) is 5.78 Å². The van der Waals surface area contributed by atoms with E-state index in [0.29, 0.717) is 0 Å². The van der Waals surface area contributed by atoms with Gasteiger partial charge >= 0.3 is 0 Å². The predicted molar refractivity (Wildman–Crippen MR) is 54.4 cm³/mol. The number of ketones is 1. The van der Waals surface area contributed by atoms with Crippen molar-refractivity contribution in [1.29, 1.82) is 0 Å². The second kappa shape index (κ2) is 4.75. The molecule has 2 atom stereocenters. The van der Waals surface area contributed by atoms with Crippen molar-refractivity contribution < 1.29 is 4.79 Å². The monoisotopic (exact) mass is 183 g/mol. The quantitative estimate of drug-likeness (QED) is 0.709. The Morgan fingerprint density at radius 2 is 2.08 bits per heavy atom. The van der Waals surface area contributed by atoms with Gasteiger partial charge < -0.3 is 5.73 Å². The number of nitrogens with two attached hydrogens (primary N) is 1. The highest BCUT2D eigenvalue weighted by molar-refractivity contribution is 5.81. The van der Waals surface area contributed by atoms with E-state index in [2.05, 4.69) is 6.92 Å². The van der Waals surface area contributed by atoms with E-state index in [1.807, 2.05) is 0 Å². The van der Waals surface area contributed by atoms with Crippen LogP contribution in [-0.4, -0.2) is 11.8 Å². The molecular weight excluding hydrogens is 162 g/mol. The maximum Gasteiger partial charge on any atom is 0.146 e. The molecule has 0 bridgehead atoms. The summed E-state index contributed by atoms with van der Waals surface area (Å²) < 4.78 is 0. The molecule has 0 aromatic carbocycles. The van der Waals surface area contributed by atoms with E-state index in [4.69, 9.17) is 5.73 Å². The van der Waals surface area contributed by atoms with E-state index in [0.717, 1.165) is 24.7 Å². The van der Waals surface area contributed by atoms with Gasteiger partial charge in [0, 0.05) is 0 Å². The van der Waals surface area contributed by atoms with Crippen LogP contribution in [0.2, 0.25) is 0 Å². The summed E-state index contributed by atoms with van der Waals surface area (Å²) in [4.78, 5) is 10.9. The van der Waals surface area contributed by atoms with Crippen molar-refractivity contribution >= 4 is 5.78 Å². The van der Waals surface area contributed by atoms with Gasteiger partial charge in [-0.15, -0.1) is 0 Å². The highest BCUT2D eigenvalue weighted by Gasteiger charge is 2.24. The smallest absolute Gasteiger partial charge is 0.146 e. The second-order valence-corrected chi connectivity index (χ2v) is 4.46. The molecule has 1 fully saturated rings. The SMILES string of the molecule is CC(=O)[C@@H](N)CC[C@H](C)C1CCC1. The van der Waals surface area contributed by atoms with Gasteiger partial charge in [-0.25, -0.2) is 0 Å². The first-order chi connectivity index (χ1) is 6.11. The lowest BCUT2D eigenvalue weighted by Crippen LogP contribution is -2.30. The molecule has 0 radical (unpaired) electrons. The Morgan fingerprint density at radius 1 is 1.46 bits per heavy atom. The lowest BCUT2D eigenvalue weighted by Gasteiger charge is -2.31. The van der Waals surface area contributed by atoms with Gasteiger partial charge in [0.25, 0.3) is 0 Å². The molecule has 0 amide bonds. The summed E-state index contributed by atoms with van der Waals surface area (Å²) in [6.07, 6.45) is 6.15. The van der Waals surface area contributed by atoms with E-state index in [1.54, 1.807) is 6.92 Å². The van der Waals surface area contributed by atoms with Crippen LogP contribution in [0.4, 0.5) is 0 Å². The third-order valence-corrected chi connectivity index (χ3v) is 3.41. The van der Waals surface area contributed by atoms with Gasteiger partial charge in [0.15, 0.2) is 0 Å². The fourth-order valence-electron chi connectivity index (χ4n) is 1.89. The summed E-state index contributed by atoms with van der Waals surface area (Å²) in [5.41, 5.74) is 5.67. The first-order valence-electron chi connectivity index (χ1n) is 5.37. The average molecular weight is 183 g/mol. The second-order valence-electron chi connectivity index (χ2n) is 4.46. The zero-order valence-corrected chi connectivity index (χ0v) is 8.75. The Balaban J connectivity index is 2.13. The van der Waals surface area contributed by atoms with Crippen LogP contribution in [0.5, 0.6) is 0 Å². The van der Waals surface area contributed by atoms with Crippen LogP contribution >= 0.6 is 0 Å². The van der Waals surface area contributed by atoms with Crippen molar-refractivity contribution in [2.24, 2.45) is 17.6 Å². The Morgan fingerprint density at radius 3 is 2.46 bits per heavy atom. The topological polar surface area (TPSA) is 43.1 Å². The summed E-state index contributed by atoms with van der Waals surface area (Å²) in [6, 6.07) is -0.220. The van der Waals surface area contributed by atoms with Crippen molar-refractivity contribution in [3.63, 3.8) is 0 Å². The molecular formula is C11H21NO. The first-order valence-corrected chi connectivity index (χ1v) is 5.37. The number of hydrogen-bond acceptors (Lipinski definition) is 2. The molecule has 0 aromatic rings. The summed E-state index contributed by atoms with van der Waals surface area (Å²) in [7, 11) is 0. The minimum atomic E-state index is -0.220. The van der Waals surface area contributed by atoms with Crippen LogP contribution in [0.1, 0.15) is 46.0 Å². The van der Waals surface area contributed by atoms with Crippen molar-refractivity contribution in [2.45, 2.75) is 52.0 Å². The summed E-state index contributed by atoms with van der Waals surface area (Å²) >= 11 is 0. The number of rotatable bonds is 5. The van der Waals surface area contributed by atoms with Crippen LogP contribution in [-0.2, 0) is 4.79 Å². The zero-order chi connectivity index (χ0) is 9.84. The van der Waals surface area contributed by atoms with Gasteiger partial charge in [0.05, 0.1) is 6.04 Å². The Labute approximate surface area is 80.9 Å². The fraction of sp³-hybridized carbons (Fsp3) is 0.909. The highest BCUT2D eigenvalue weighted by Crippen LogP contribution is 2.35. The van der Waals surface area contributed by atoms with E-state index < -0.39 is 0 Å². The number of Topliss-reactive ketones (excluding diaryl/α,β-unsaturated/α-hetero) is 1. The summed E-state index contributed by atoms with van der Waals surface area (Å²) in [5, 5.41) is 0. The lowest BCUT2D eigenvalue weighted by atomic mass is 9.75. The molecule has 0 unspecified atom stereocenters. The van der Waals surface area contributed by atoms with E-state index in [-0.39, 0.29) is 11.8 Å². The standard InChI is InChI=1S/C11H21NO/c1-8(10-4-3-5-10)6-7-11(12)9(2)13/h8,10-11H,3-7,12H2,1-2H3/t8-,11-/m0/s1. The molecule has 1 aliphatic rings. The van der Waals surface area contributed by atoms with Crippen molar-refractivity contribution in [2.75, 3.05) is 0 Å². The molecule has 2 heteroatoms. The van der Waals surface area contributed by atoms with E-state index >= 15 is 0 Å². The van der Waals surface area contributed by atoms with Gasteiger partial charge in [-0.1, -0.05) is 26.2 Å². The zero-order valence-electron chi connectivity index (χ0n) is 8.75. The molecule has 2 N–H and O–H groups in total. The van der Waals surface area contributed by atoms with Crippen LogP contribution in [0.15, 0.2) is 0 Å². The lowest BCUT2D eigenvalue weighted by molar-refractivity contribution is -0.118. The Kier molecular flexibility index (Phi) is 3.91. The van der Waals surface area contributed by atoms with E-state index in [1.165, 1.54) is 19.3 Å². The van der Waals surface area contributed by atoms with Crippen LogP contribution in [0.3, 0.4) is 0 Å². The van der Waals surface area contributed by atoms with Crippen molar-refractivity contribution in [3.8, 4) is 0 Å². The Hall–Kier alpha value is -0.370. The first kappa shape index (κ1) is 10.7. The average Bonchev–Trinajstić information content (AvgIpc) is 1.96. The van der Waals surface area contributed by atoms with Crippen LogP contribution < -0.4 is 5.73 Å². The summed E-state index contributed by atoms with van der Waals surface area (Å²) in [5.74, 6) is 1.80. The molecule has 0 saturated heterocycles. The maximum atomic E-state index is 10.9. The molecule has 1 rings (SSSR count). The van der Waals surface area contributed by atoms with Gasteiger partial charge in [-0.05, 0) is 31.6 Å². The molecule has 1 aliphatic carbocycles. The molecule has 0 aliphatic heterocycles. The maximum absolute atomic E-state index is 10.9. The summed E-state index contributed by atoms with van der Waals surface area (Å²) in [6.45, 7) is 3.87. The molecule has 1 saturated carbocycles. The Bertz CT molecular complexity index is 175. The van der Waals surface area contributed by atoms with Crippen LogP contribution in [0, 0.1) is 11.8 Å². The normalized spacial score (nSPS) is 22.1. The van der Waals surface area contributed by atoms with Gasteiger partial charge in [-0.2, -0.15) is 0 Å². The highest BCUT2D eigenvalue weighted by atomic mass is 16.1. The van der Waals surface area contributed by atoms with E-state index in [9.17, 15) is 4.79 Å². The third kappa shape index (κ3) is 3.11. The van der Waals surface area contributed by atoms with Crippen molar-refractivity contribution in [1.82, 2.24) is 0 Å². The minimum Gasteiger partial charge on any atom is -0.322 e. The van der Waals surface area contributed by atoms with Crippen LogP contribution in [0.25, 0.3) is 0 Å². The molecule has 0 spiro atoms. The van der Waals surface area contributed by atoms with Crippen molar-refractivity contribution in [3.05, 3.63) is 0 Å². The largest absolute Gasteiger partial charge is 0.322 e. The molecule has 76 valence electrons. The predicted octanol–water partition coefficient (Wildman–Crippen LogP) is 2.12. The third-order valence-electron chi connectivity index (χ3n) is 3.41. The molecule has 0 heterocycles. The number of carbonyl (C=O) groups is 1. The number of carbonyl (C=O) groups excluding carboxylic acids is 1. The minimum absolute atomic E-state index is 0.126. The van der Waals surface area contributed by atoms with Gasteiger partial charge in [0.2, 0.25) is 0 Å². The molecule has 13 heavy (non-hydrogen) atoms. The van der Waals surface area contributed by atoms with Gasteiger partial charge in [-0.3, -0.25) is 4.79 Å². The molecule has 2 nitrogen and oxygen atoms in total. The number of hydrogen-bond donors (Lipinski definition) is 1. The fourth-order valence-corrected chi connectivity index (χ4v) is 1.89. The molecule has 0 aromatic heterocycles.